The summed E-state index contributed by atoms with van der Waals surface area (Å²) in [5, 5.41) is 36.1. The fraction of sp³-hybridized carbons (Fsp3) is 0.667. The zero-order chi connectivity index (χ0) is 42.5. The topological polar surface area (TPSA) is 217 Å². The Kier molecular flexibility index (Phi) is 20.3. The molecule has 0 bridgehead atoms. The maximum absolute atomic E-state index is 13.1. The van der Waals surface area contributed by atoms with Gasteiger partial charge in [-0.05, 0) is 37.6 Å². The number of aliphatic hydroxyl groups excluding tert-OH is 2. The number of hydrogen-bond donors (Lipinski definition) is 4. The largest absolute Gasteiger partial charge is 0.505 e. The van der Waals surface area contributed by atoms with E-state index in [0.29, 0.717) is 35.9 Å². The minimum atomic E-state index is -4.82. The zero-order valence-corrected chi connectivity index (χ0v) is 35.5. The lowest BCUT2D eigenvalue weighted by Gasteiger charge is -2.24. The molecule has 3 aromatic rings. The second kappa shape index (κ2) is 25.1. The van der Waals surface area contributed by atoms with Crippen LogP contribution in [0.4, 0.5) is 11.5 Å². The molecule has 0 radical (unpaired) electrons. The highest BCUT2D eigenvalue weighted by molar-refractivity contribution is 7.47. The van der Waals surface area contributed by atoms with Gasteiger partial charge >= 0.3 is 7.82 Å². The molecule has 16 nitrogen and oxygen atoms in total. The maximum Gasteiger partial charge on any atom is 0.472 e. The number of phosphoric ester groups is 1. The number of nitrogen functional groups attached to an aromatic ring is 1. The van der Waals surface area contributed by atoms with Crippen LogP contribution in [0.5, 0.6) is 11.5 Å². The number of unbranched alkanes of at least 4 members (excludes halogenated alkanes) is 15. The third kappa shape index (κ3) is 14.4. The SMILES string of the molecule is [C-]#[N+]c1ccc(O[C@H](COCCCCCCCCCCCCCCCCCC)COP(=O)(O)OC[C@H]2O[C@@](C#N)(c3ccc4c(N)ncnn34)[C@H](O)[C@@H]2O)cc1OCC. The van der Waals surface area contributed by atoms with Gasteiger partial charge in [0, 0.05) is 12.7 Å². The van der Waals surface area contributed by atoms with Crippen LogP contribution in [0.3, 0.4) is 0 Å². The number of nitrogens with zero attached hydrogens (tertiary/aromatic N) is 5. The van der Waals surface area contributed by atoms with Gasteiger partial charge in [0.2, 0.25) is 11.3 Å². The number of aromatic nitrogens is 3. The number of phosphoric acid groups is 1. The number of benzene rings is 1. The van der Waals surface area contributed by atoms with E-state index in [0.717, 1.165) is 19.3 Å². The van der Waals surface area contributed by atoms with E-state index in [-0.39, 0.29) is 18.1 Å². The average Bonchev–Trinajstić information content (AvgIpc) is 3.78. The second-order valence-electron chi connectivity index (χ2n) is 15.0. The number of fused-ring (bicyclic) bond motifs is 1. The Labute approximate surface area is 348 Å². The Morgan fingerprint density at radius 1 is 0.966 bits per heavy atom. The van der Waals surface area contributed by atoms with Crippen molar-refractivity contribution in [1.29, 1.82) is 5.26 Å². The molecule has 4 rings (SSSR count). The van der Waals surface area contributed by atoms with Crippen molar-refractivity contribution >= 4 is 24.8 Å². The van der Waals surface area contributed by atoms with E-state index in [1.54, 1.807) is 25.1 Å². The molecule has 6 atom stereocenters. The van der Waals surface area contributed by atoms with Crippen LogP contribution in [0.1, 0.15) is 122 Å². The number of rotatable bonds is 30. The zero-order valence-electron chi connectivity index (χ0n) is 34.6. The highest BCUT2D eigenvalue weighted by atomic mass is 31.2. The summed E-state index contributed by atoms with van der Waals surface area (Å²) in [5.74, 6) is 0.789. The van der Waals surface area contributed by atoms with E-state index in [9.17, 15) is 24.9 Å². The molecule has 17 heteroatoms. The Balaban J connectivity index is 1.23. The van der Waals surface area contributed by atoms with Crippen molar-refractivity contribution in [2.75, 3.05) is 38.8 Å². The van der Waals surface area contributed by atoms with Crippen LogP contribution in [0.25, 0.3) is 10.4 Å². The molecule has 0 aliphatic carbocycles. The lowest BCUT2D eigenvalue weighted by Crippen LogP contribution is -2.41. The molecule has 1 aliphatic heterocycles. The first-order chi connectivity index (χ1) is 28.6. The summed E-state index contributed by atoms with van der Waals surface area (Å²) in [6.45, 7) is 11.1. The molecule has 2 aromatic heterocycles. The summed E-state index contributed by atoms with van der Waals surface area (Å²) in [4.78, 5) is 18.0. The fourth-order valence-corrected chi connectivity index (χ4v) is 7.90. The van der Waals surface area contributed by atoms with Crippen LogP contribution in [-0.2, 0) is 28.7 Å². The van der Waals surface area contributed by atoms with Crippen LogP contribution in [-0.4, -0.2) is 87.2 Å². The smallest absolute Gasteiger partial charge is 0.472 e. The van der Waals surface area contributed by atoms with Gasteiger partial charge in [-0.3, -0.25) is 9.05 Å². The molecule has 5 N–H and O–H groups in total. The summed E-state index contributed by atoms with van der Waals surface area (Å²) >= 11 is 0. The van der Waals surface area contributed by atoms with Gasteiger partial charge in [0.25, 0.3) is 0 Å². The van der Waals surface area contributed by atoms with Crippen molar-refractivity contribution in [2.24, 2.45) is 0 Å². The molecule has 0 spiro atoms. The minimum Gasteiger partial charge on any atom is -0.505 e. The molecule has 1 fully saturated rings. The number of anilines is 1. The predicted molar refractivity (Wildman–Crippen MR) is 222 cm³/mol. The minimum absolute atomic E-state index is 0.0218. The molecule has 0 amide bonds. The van der Waals surface area contributed by atoms with Crippen LogP contribution in [0, 0.1) is 17.9 Å². The number of nitrogens with two attached hydrogens (primary N) is 1. The standard InChI is InChI=1S/C42H63N6O10P/c1-4-6-7-8-9-10-11-12-13-14-15-16-17-18-19-20-25-53-27-33(57-32-21-22-34(45-3)36(26-32)54-5-2)28-55-59(51,52)56-29-37-39(49)40(50)42(30-43,58-37)38-24-23-35-41(44)46-31-47-48(35)38/h21-24,26,31,33,37,39-40,49-50H,4-20,25,27-29H2,1-2H3,(H,51,52)(H2,44,46,47)/t33-,37-,39-,40-,42+/m1/s1. The van der Waals surface area contributed by atoms with Crippen LogP contribution < -0.4 is 15.2 Å². The van der Waals surface area contributed by atoms with E-state index in [1.807, 2.05) is 6.07 Å². The molecule has 0 saturated carbocycles. The van der Waals surface area contributed by atoms with E-state index in [4.69, 9.17) is 40.3 Å². The van der Waals surface area contributed by atoms with E-state index < -0.39 is 51.1 Å². The van der Waals surface area contributed by atoms with Gasteiger partial charge in [-0.15, -0.1) is 0 Å². The van der Waals surface area contributed by atoms with Gasteiger partial charge in [0.05, 0.1) is 38.7 Å². The summed E-state index contributed by atoms with van der Waals surface area (Å²) in [5.41, 5.74) is 4.52. The van der Waals surface area contributed by atoms with Crippen molar-refractivity contribution in [3.8, 4) is 17.6 Å². The first-order valence-electron chi connectivity index (χ1n) is 21.1. The van der Waals surface area contributed by atoms with E-state index >= 15 is 0 Å². The van der Waals surface area contributed by atoms with E-state index in [2.05, 4.69) is 21.9 Å². The number of hydrogen-bond acceptors (Lipinski definition) is 13. The Bertz CT molecular complexity index is 1840. The first kappa shape index (κ1) is 47.8. The monoisotopic (exact) mass is 842 g/mol. The summed E-state index contributed by atoms with van der Waals surface area (Å²) in [7, 11) is -4.82. The lowest BCUT2D eigenvalue weighted by molar-refractivity contribution is -0.0651. The first-order valence-corrected chi connectivity index (χ1v) is 22.6. The molecule has 3 heterocycles. The van der Waals surface area contributed by atoms with Gasteiger partial charge < -0.3 is 39.8 Å². The second-order valence-corrected chi connectivity index (χ2v) is 16.4. The van der Waals surface area contributed by atoms with Crippen molar-refractivity contribution in [3.63, 3.8) is 0 Å². The van der Waals surface area contributed by atoms with Crippen LogP contribution in [0.2, 0.25) is 0 Å². The quantitative estimate of drug-likeness (QED) is 0.0284. The third-order valence-corrected chi connectivity index (χ3v) is 11.4. The Morgan fingerprint density at radius 3 is 2.22 bits per heavy atom. The summed E-state index contributed by atoms with van der Waals surface area (Å²) in [6.07, 6.45) is 15.6. The Morgan fingerprint density at radius 2 is 1.61 bits per heavy atom. The van der Waals surface area contributed by atoms with Gasteiger partial charge in [-0.25, -0.2) is 18.9 Å². The van der Waals surface area contributed by atoms with Crippen molar-refractivity contribution in [2.45, 2.75) is 147 Å². The van der Waals surface area contributed by atoms with Gasteiger partial charge in [0.1, 0.15) is 53.8 Å². The van der Waals surface area contributed by atoms with E-state index in [1.165, 1.54) is 106 Å². The molecule has 326 valence electrons. The molecule has 1 aliphatic rings. The highest BCUT2D eigenvalue weighted by Gasteiger charge is 2.58. The van der Waals surface area contributed by atoms with Crippen molar-refractivity contribution in [3.05, 3.63) is 53.8 Å². The van der Waals surface area contributed by atoms with Crippen LogP contribution >= 0.6 is 7.82 Å². The van der Waals surface area contributed by atoms with Gasteiger partial charge in [-0.1, -0.05) is 103 Å². The lowest BCUT2D eigenvalue weighted by atomic mass is 9.92. The van der Waals surface area contributed by atoms with Gasteiger partial charge in [0.15, 0.2) is 5.82 Å². The predicted octanol–water partition coefficient (Wildman–Crippen LogP) is 7.96. The summed E-state index contributed by atoms with van der Waals surface area (Å²) < 4.78 is 48.3. The van der Waals surface area contributed by atoms with Gasteiger partial charge in [-0.2, -0.15) is 10.4 Å². The number of nitriles is 1. The van der Waals surface area contributed by atoms with Crippen molar-refractivity contribution < 1.29 is 47.7 Å². The average molecular weight is 843 g/mol. The molecule has 1 saturated heterocycles. The van der Waals surface area contributed by atoms with Crippen molar-refractivity contribution in [1.82, 2.24) is 14.6 Å². The molecule has 1 unspecified atom stereocenters. The van der Waals surface area contributed by atoms with Crippen LogP contribution in [0.15, 0.2) is 36.7 Å². The third-order valence-electron chi connectivity index (χ3n) is 10.4. The Hall–Kier alpha value is -3.83. The normalized spacial score (nSPS) is 20.6. The maximum atomic E-state index is 13.1. The fourth-order valence-electron chi connectivity index (χ4n) is 7.14. The molecular formula is C42H63N6O10P. The molecule has 59 heavy (non-hydrogen) atoms. The molecular weight excluding hydrogens is 779 g/mol. The highest BCUT2D eigenvalue weighted by Crippen LogP contribution is 2.46. The molecule has 1 aromatic carbocycles. The number of aliphatic hydroxyl groups is 2. The number of ether oxygens (including phenoxy) is 4. The summed E-state index contributed by atoms with van der Waals surface area (Å²) in [6, 6.07) is 9.61.